The van der Waals surface area contributed by atoms with Gasteiger partial charge >= 0.3 is 0 Å². The molecular formula is C28H32N2O2. The third kappa shape index (κ3) is 6.30. The molecule has 2 amide bonds. The van der Waals surface area contributed by atoms with E-state index < -0.39 is 6.04 Å². The quantitative estimate of drug-likeness (QED) is 0.573. The molecule has 3 aromatic carbocycles. The van der Waals surface area contributed by atoms with Crippen molar-refractivity contribution < 1.29 is 9.59 Å². The molecule has 0 aliphatic carbocycles. The highest BCUT2D eigenvalue weighted by Crippen LogP contribution is 2.18. The molecule has 0 spiro atoms. The van der Waals surface area contributed by atoms with Crippen molar-refractivity contribution in [3.8, 4) is 0 Å². The molecule has 0 aliphatic rings. The van der Waals surface area contributed by atoms with E-state index in [1.807, 2.05) is 87.5 Å². The Balaban J connectivity index is 1.95. The highest BCUT2D eigenvalue weighted by Gasteiger charge is 2.29. The Morgan fingerprint density at radius 3 is 2.00 bits per heavy atom. The van der Waals surface area contributed by atoms with Crippen LogP contribution >= 0.6 is 0 Å². The third-order valence-corrected chi connectivity index (χ3v) is 5.63. The molecule has 0 aliphatic heterocycles. The normalized spacial score (nSPS) is 11.6. The second-order valence-electron chi connectivity index (χ2n) is 8.50. The standard InChI is InChI=1S/C28H32N2O2/c1-20-10-12-24(13-11-20)19-30(27(31)18-25-15-21(2)14-22(3)16-25)26(28(32)29-4)17-23-8-6-5-7-9-23/h5-16,26H,17-19H2,1-4H3,(H,29,32)/t26-/m0/s1. The van der Waals surface area contributed by atoms with Crippen molar-refractivity contribution in [1.82, 2.24) is 10.2 Å². The lowest BCUT2D eigenvalue weighted by atomic mass is 10.00. The van der Waals surface area contributed by atoms with Gasteiger partial charge in [-0.15, -0.1) is 0 Å². The van der Waals surface area contributed by atoms with Gasteiger partial charge in [0.15, 0.2) is 0 Å². The van der Waals surface area contributed by atoms with Crippen molar-refractivity contribution in [3.05, 3.63) is 106 Å². The Bertz CT molecular complexity index is 1040. The minimum Gasteiger partial charge on any atom is -0.357 e. The highest BCUT2D eigenvalue weighted by molar-refractivity contribution is 5.88. The molecule has 166 valence electrons. The van der Waals surface area contributed by atoms with Crippen LogP contribution in [0.2, 0.25) is 0 Å². The van der Waals surface area contributed by atoms with Crippen LogP contribution < -0.4 is 5.32 Å². The molecule has 4 nitrogen and oxygen atoms in total. The van der Waals surface area contributed by atoms with Crippen LogP contribution in [-0.4, -0.2) is 29.8 Å². The van der Waals surface area contributed by atoms with Gasteiger partial charge in [0.05, 0.1) is 6.42 Å². The summed E-state index contributed by atoms with van der Waals surface area (Å²) in [7, 11) is 1.62. The number of rotatable bonds is 8. The molecule has 1 N–H and O–H groups in total. The Hall–Kier alpha value is -3.40. The maximum atomic E-state index is 13.6. The van der Waals surface area contributed by atoms with Crippen molar-refractivity contribution in [2.24, 2.45) is 0 Å². The van der Waals surface area contributed by atoms with E-state index in [9.17, 15) is 9.59 Å². The molecule has 32 heavy (non-hydrogen) atoms. The monoisotopic (exact) mass is 428 g/mol. The summed E-state index contributed by atoms with van der Waals surface area (Å²) in [5.74, 6) is -0.213. The lowest BCUT2D eigenvalue weighted by molar-refractivity contribution is -0.140. The molecule has 0 saturated carbocycles. The zero-order valence-electron chi connectivity index (χ0n) is 19.4. The SMILES string of the molecule is CNC(=O)[C@H](Cc1ccccc1)N(Cc1ccc(C)cc1)C(=O)Cc1cc(C)cc(C)c1. The van der Waals surface area contributed by atoms with Crippen LogP contribution in [0.3, 0.4) is 0 Å². The topological polar surface area (TPSA) is 49.4 Å². The minimum atomic E-state index is -0.595. The zero-order valence-corrected chi connectivity index (χ0v) is 19.4. The predicted octanol–water partition coefficient (Wildman–Crippen LogP) is 4.54. The summed E-state index contributed by atoms with van der Waals surface area (Å²) in [4.78, 5) is 28.3. The van der Waals surface area contributed by atoms with Gasteiger partial charge in [0.1, 0.15) is 6.04 Å². The summed E-state index contributed by atoms with van der Waals surface area (Å²) < 4.78 is 0. The van der Waals surface area contributed by atoms with Gasteiger partial charge in [-0.3, -0.25) is 9.59 Å². The van der Waals surface area contributed by atoms with Gasteiger partial charge in [-0.25, -0.2) is 0 Å². The van der Waals surface area contributed by atoms with Gasteiger partial charge in [-0.1, -0.05) is 89.5 Å². The van der Waals surface area contributed by atoms with Gasteiger partial charge in [-0.2, -0.15) is 0 Å². The van der Waals surface area contributed by atoms with Crippen LogP contribution in [0.1, 0.15) is 33.4 Å². The molecule has 0 fully saturated rings. The predicted molar refractivity (Wildman–Crippen MR) is 129 cm³/mol. The van der Waals surface area contributed by atoms with Crippen LogP contribution in [0.4, 0.5) is 0 Å². The molecule has 3 rings (SSSR count). The second kappa shape index (κ2) is 10.8. The molecule has 0 saturated heterocycles. The fourth-order valence-electron chi connectivity index (χ4n) is 4.06. The largest absolute Gasteiger partial charge is 0.357 e. The number of amides is 2. The smallest absolute Gasteiger partial charge is 0.242 e. The summed E-state index contributed by atoms with van der Waals surface area (Å²) in [6, 6.07) is 23.6. The number of nitrogens with one attached hydrogen (secondary N) is 1. The molecule has 3 aromatic rings. The molecule has 0 aromatic heterocycles. The second-order valence-corrected chi connectivity index (χ2v) is 8.50. The van der Waals surface area contributed by atoms with Gasteiger partial charge in [0.2, 0.25) is 11.8 Å². The number of benzene rings is 3. The third-order valence-electron chi connectivity index (χ3n) is 5.63. The van der Waals surface area contributed by atoms with E-state index in [0.717, 1.165) is 33.4 Å². The average Bonchev–Trinajstić information content (AvgIpc) is 2.76. The van der Waals surface area contributed by atoms with E-state index >= 15 is 0 Å². The van der Waals surface area contributed by atoms with Crippen molar-refractivity contribution in [1.29, 1.82) is 0 Å². The summed E-state index contributed by atoms with van der Waals surface area (Å²) in [6.45, 7) is 6.49. The Morgan fingerprint density at radius 1 is 0.781 bits per heavy atom. The molecule has 0 bridgehead atoms. The molecule has 0 heterocycles. The summed E-state index contributed by atoms with van der Waals surface area (Å²) in [6.07, 6.45) is 0.724. The summed E-state index contributed by atoms with van der Waals surface area (Å²) in [5, 5.41) is 2.76. The maximum Gasteiger partial charge on any atom is 0.242 e. The fourth-order valence-corrected chi connectivity index (χ4v) is 4.06. The first-order valence-corrected chi connectivity index (χ1v) is 11.0. The van der Waals surface area contributed by atoms with Crippen molar-refractivity contribution >= 4 is 11.8 Å². The van der Waals surface area contributed by atoms with E-state index in [1.165, 1.54) is 0 Å². The number of aryl methyl sites for hydroxylation is 3. The first kappa shape index (κ1) is 23.3. The molecule has 0 radical (unpaired) electrons. The summed E-state index contributed by atoms with van der Waals surface area (Å²) in [5.41, 5.74) is 6.42. The van der Waals surface area contributed by atoms with E-state index in [0.29, 0.717) is 13.0 Å². The molecular weight excluding hydrogens is 396 g/mol. The van der Waals surface area contributed by atoms with Crippen LogP contribution in [0.25, 0.3) is 0 Å². The van der Waals surface area contributed by atoms with Crippen LogP contribution in [0.5, 0.6) is 0 Å². The first-order chi connectivity index (χ1) is 15.4. The number of carbonyl (C=O) groups excluding carboxylic acids is 2. The van der Waals surface area contributed by atoms with Crippen LogP contribution in [-0.2, 0) is 29.0 Å². The van der Waals surface area contributed by atoms with Gasteiger partial charge in [0, 0.05) is 20.0 Å². The Labute approximate surface area is 191 Å². The minimum absolute atomic E-state index is 0.0555. The lowest BCUT2D eigenvalue weighted by Crippen LogP contribution is -2.50. The highest BCUT2D eigenvalue weighted by atomic mass is 16.2. The Morgan fingerprint density at radius 2 is 1.41 bits per heavy atom. The van der Waals surface area contributed by atoms with Crippen molar-refractivity contribution in [2.75, 3.05) is 7.05 Å². The first-order valence-electron chi connectivity index (χ1n) is 11.0. The van der Waals surface area contributed by atoms with Crippen LogP contribution in [0, 0.1) is 20.8 Å². The van der Waals surface area contributed by atoms with Gasteiger partial charge < -0.3 is 10.2 Å². The zero-order chi connectivity index (χ0) is 23.1. The Kier molecular flexibility index (Phi) is 7.82. The van der Waals surface area contributed by atoms with E-state index in [1.54, 1.807) is 11.9 Å². The lowest BCUT2D eigenvalue weighted by Gasteiger charge is -2.31. The molecule has 4 heteroatoms. The number of nitrogens with zero attached hydrogens (tertiary/aromatic N) is 1. The fraction of sp³-hybridized carbons (Fsp3) is 0.286. The van der Waals surface area contributed by atoms with Gasteiger partial charge in [-0.05, 0) is 37.5 Å². The van der Waals surface area contributed by atoms with Crippen LogP contribution in [0.15, 0.2) is 72.8 Å². The molecule has 1 atom stereocenters. The summed E-state index contributed by atoms with van der Waals surface area (Å²) >= 11 is 0. The van der Waals surface area contributed by atoms with E-state index in [4.69, 9.17) is 0 Å². The molecule has 0 unspecified atom stereocenters. The van der Waals surface area contributed by atoms with E-state index in [2.05, 4.69) is 11.4 Å². The van der Waals surface area contributed by atoms with Gasteiger partial charge in [0.25, 0.3) is 0 Å². The number of likely N-dealkylation sites (N-methyl/N-ethyl adjacent to an activating group) is 1. The maximum absolute atomic E-state index is 13.6. The number of hydrogen-bond acceptors (Lipinski definition) is 2. The average molecular weight is 429 g/mol. The van der Waals surface area contributed by atoms with Crippen molar-refractivity contribution in [3.63, 3.8) is 0 Å². The number of hydrogen-bond donors (Lipinski definition) is 1. The van der Waals surface area contributed by atoms with Crippen molar-refractivity contribution in [2.45, 2.75) is 46.2 Å². The van der Waals surface area contributed by atoms with E-state index in [-0.39, 0.29) is 18.2 Å². The number of carbonyl (C=O) groups is 2.